The van der Waals surface area contributed by atoms with Gasteiger partial charge in [0.1, 0.15) is 11.6 Å². The Morgan fingerprint density at radius 3 is 2.78 bits per heavy atom. The number of benzene rings is 1. The fourth-order valence-electron chi connectivity index (χ4n) is 3.64. The lowest BCUT2D eigenvalue weighted by Gasteiger charge is -2.14. The van der Waals surface area contributed by atoms with Gasteiger partial charge >= 0.3 is 6.61 Å². The first kappa shape index (κ1) is 23.2. The molecule has 1 atom stereocenters. The number of halogens is 2. The molecule has 0 spiro atoms. The highest BCUT2D eigenvalue weighted by Gasteiger charge is 2.19. The lowest BCUT2D eigenvalue weighted by Crippen LogP contribution is -2.14. The molecule has 1 fully saturated rings. The van der Waals surface area contributed by atoms with Crippen LogP contribution in [0.1, 0.15) is 29.0 Å². The SMILES string of the molecule is NC=C(C=NCc1cc(C2CCNC2)ccc1OC(F)F)Cc1cc(N)nc(NN)c1N. The average Bonchev–Trinajstić information content (AvgIpc) is 3.30. The summed E-state index contributed by atoms with van der Waals surface area (Å²) in [6.45, 7) is -0.978. The number of nitrogen functional groups attached to an aromatic ring is 3. The van der Waals surface area contributed by atoms with Crippen molar-refractivity contribution in [3.63, 3.8) is 0 Å². The van der Waals surface area contributed by atoms with Gasteiger partial charge in [0.15, 0.2) is 5.82 Å². The van der Waals surface area contributed by atoms with Crippen LogP contribution >= 0.6 is 0 Å². The molecular formula is C21H28F2N8O. The van der Waals surface area contributed by atoms with Crippen LogP contribution in [0, 0.1) is 0 Å². The number of alkyl halides is 2. The number of ether oxygens (including phenoxy) is 1. The van der Waals surface area contributed by atoms with Crippen LogP contribution in [0.15, 0.2) is 41.0 Å². The Balaban J connectivity index is 1.77. The maximum Gasteiger partial charge on any atom is 0.387 e. The molecular weight excluding hydrogens is 418 g/mol. The Labute approximate surface area is 184 Å². The van der Waals surface area contributed by atoms with Crippen molar-refractivity contribution in [2.45, 2.75) is 31.9 Å². The Morgan fingerprint density at radius 2 is 2.12 bits per heavy atom. The van der Waals surface area contributed by atoms with Crippen LogP contribution < -0.4 is 38.5 Å². The molecule has 1 aliphatic heterocycles. The summed E-state index contributed by atoms with van der Waals surface area (Å²) in [5, 5.41) is 3.30. The molecule has 1 aromatic heterocycles. The van der Waals surface area contributed by atoms with Crippen molar-refractivity contribution in [3.05, 3.63) is 52.7 Å². The summed E-state index contributed by atoms with van der Waals surface area (Å²) in [5.41, 5.74) is 23.3. The summed E-state index contributed by atoms with van der Waals surface area (Å²) in [7, 11) is 0. The number of aromatic nitrogens is 1. The van der Waals surface area contributed by atoms with E-state index in [4.69, 9.17) is 23.0 Å². The first-order chi connectivity index (χ1) is 15.4. The molecule has 32 heavy (non-hydrogen) atoms. The van der Waals surface area contributed by atoms with E-state index in [2.05, 4.69) is 25.5 Å². The third-order valence-electron chi connectivity index (χ3n) is 5.26. The predicted molar refractivity (Wildman–Crippen MR) is 122 cm³/mol. The lowest BCUT2D eigenvalue weighted by atomic mass is 9.96. The summed E-state index contributed by atoms with van der Waals surface area (Å²) in [5.74, 6) is 6.38. The highest BCUT2D eigenvalue weighted by molar-refractivity contribution is 5.80. The number of anilines is 3. The van der Waals surface area contributed by atoms with Gasteiger partial charge in [-0.15, -0.1) is 0 Å². The molecule has 2 heterocycles. The number of rotatable bonds is 9. The maximum absolute atomic E-state index is 12.8. The summed E-state index contributed by atoms with van der Waals surface area (Å²) in [4.78, 5) is 8.41. The zero-order valence-electron chi connectivity index (χ0n) is 17.5. The van der Waals surface area contributed by atoms with Crippen molar-refractivity contribution in [3.8, 4) is 5.75 Å². The summed E-state index contributed by atoms with van der Waals surface area (Å²) in [6.07, 6.45) is 4.29. The van der Waals surface area contributed by atoms with Gasteiger partial charge in [-0.2, -0.15) is 8.78 Å². The lowest BCUT2D eigenvalue weighted by molar-refractivity contribution is -0.0504. The van der Waals surface area contributed by atoms with Gasteiger partial charge in [-0.1, -0.05) is 6.07 Å². The average molecular weight is 447 g/mol. The topological polar surface area (TPSA) is 163 Å². The van der Waals surface area contributed by atoms with E-state index < -0.39 is 6.61 Å². The van der Waals surface area contributed by atoms with E-state index in [0.717, 1.165) is 25.1 Å². The first-order valence-electron chi connectivity index (χ1n) is 10.1. The third kappa shape index (κ3) is 5.83. The molecule has 0 bridgehead atoms. The molecule has 1 aromatic carbocycles. The molecule has 0 saturated carbocycles. The van der Waals surface area contributed by atoms with Gasteiger partial charge < -0.3 is 32.7 Å². The maximum atomic E-state index is 12.8. The second kappa shape index (κ2) is 10.7. The van der Waals surface area contributed by atoms with E-state index in [0.29, 0.717) is 34.7 Å². The Hall–Kier alpha value is -3.44. The molecule has 0 radical (unpaired) electrons. The Kier molecular flexibility index (Phi) is 7.79. The highest BCUT2D eigenvalue weighted by atomic mass is 19.3. The normalized spacial score (nSPS) is 16.8. The van der Waals surface area contributed by atoms with Gasteiger partial charge in [0, 0.05) is 24.7 Å². The Bertz CT molecular complexity index is 990. The zero-order valence-corrected chi connectivity index (χ0v) is 17.5. The van der Waals surface area contributed by atoms with Crippen LogP contribution in [-0.2, 0) is 13.0 Å². The molecule has 1 unspecified atom stereocenters. The molecule has 2 aromatic rings. The number of nitrogens with one attached hydrogen (secondary N) is 2. The number of pyridine rings is 1. The van der Waals surface area contributed by atoms with Gasteiger partial charge in [-0.05, 0) is 60.0 Å². The van der Waals surface area contributed by atoms with E-state index in [1.807, 2.05) is 12.1 Å². The van der Waals surface area contributed by atoms with Gasteiger partial charge in [0.25, 0.3) is 0 Å². The number of aliphatic imine (C=N–C) groups is 1. The van der Waals surface area contributed by atoms with E-state index in [-0.39, 0.29) is 23.9 Å². The summed E-state index contributed by atoms with van der Waals surface area (Å²) in [6, 6.07) is 6.90. The van der Waals surface area contributed by atoms with Crippen LogP contribution in [0.3, 0.4) is 0 Å². The van der Waals surface area contributed by atoms with Crippen molar-refractivity contribution in [2.24, 2.45) is 16.6 Å². The molecule has 9 nitrogen and oxygen atoms in total. The van der Waals surface area contributed by atoms with Crippen molar-refractivity contribution in [1.82, 2.24) is 10.3 Å². The smallest absolute Gasteiger partial charge is 0.387 e. The summed E-state index contributed by atoms with van der Waals surface area (Å²) >= 11 is 0. The standard InChI is InChI=1S/C21H28F2N8O/c22-21(23)32-17-2-1-13(14-3-4-28-10-14)6-16(17)11-29-9-12(8-24)5-15-7-18(25)30-20(31-27)19(15)26/h1-2,6-9,14,21,28H,3-5,10-11,24,26-27H2,(H3,25,30,31). The predicted octanol–water partition coefficient (Wildman–Crippen LogP) is 1.87. The van der Waals surface area contributed by atoms with E-state index >= 15 is 0 Å². The molecule has 1 saturated heterocycles. The van der Waals surface area contributed by atoms with Gasteiger partial charge in [-0.25, -0.2) is 10.8 Å². The number of hydrogen-bond donors (Lipinski definition) is 6. The van der Waals surface area contributed by atoms with Crippen LogP contribution in [-0.4, -0.2) is 30.9 Å². The van der Waals surface area contributed by atoms with E-state index in [9.17, 15) is 8.78 Å². The minimum absolute atomic E-state index is 0.106. The fraction of sp³-hybridized carbons (Fsp3) is 0.333. The largest absolute Gasteiger partial charge is 0.434 e. The van der Waals surface area contributed by atoms with E-state index in [1.54, 1.807) is 18.3 Å². The monoisotopic (exact) mass is 446 g/mol. The molecule has 0 aliphatic carbocycles. The number of nitrogens with two attached hydrogens (primary N) is 4. The molecule has 10 N–H and O–H groups in total. The number of hydrogen-bond acceptors (Lipinski definition) is 9. The van der Waals surface area contributed by atoms with Crippen LogP contribution in [0.4, 0.5) is 26.1 Å². The molecule has 1 aliphatic rings. The van der Waals surface area contributed by atoms with Crippen LogP contribution in [0.2, 0.25) is 0 Å². The molecule has 172 valence electrons. The van der Waals surface area contributed by atoms with Crippen LogP contribution in [0.25, 0.3) is 0 Å². The number of nitrogens with zero attached hydrogens (tertiary/aromatic N) is 2. The Morgan fingerprint density at radius 1 is 1.31 bits per heavy atom. The minimum Gasteiger partial charge on any atom is -0.434 e. The van der Waals surface area contributed by atoms with Crippen molar-refractivity contribution in [1.29, 1.82) is 0 Å². The van der Waals surface area contributed by atoms with Gasteiger partial charge in [0.2, 0.25) is 0 Å². The number of hydrazine groups is 1. The molecule has 11 heteroatoms. The molecule has 3 rings (SSSR count). The second-order valence-electron chi connectivity index (χ2n) is 7.44. The van der Waals surface area contributed by atoms with Crippen LogP contribution in [0.5, 0.6) is 5.75 Å². The van der Waals surface area contributed by atoms with Gasteiger partial charge in [0.05, 0.1) is 12.2 Å². The second-order valence-corrected chi connectivity index (χ2v) is 7.44. The van der Waals surface area contributed by atoms with Crippen molar-refractivity contribution in [2.75, 3.05) is 30.0 Å². The quantitative estimate of drug-likeness (QED) is 0.193. The fourth-order valence-corrected chi connectivity index (χ4v) is 3.64. The first-order valence-corrected chi connectivity index (χ1v) is 10.1. The van der Waals surface area contributed by atoms with Crippen molar-refractivity contribution < 1.29 is 13.5 Å². The zero-order chi connectivity index (χ0) is 23.1. The number of allylic oxidation sites excluding steroid dienone is 1. The van der Waals surface area contributed by atoms with Gasteiger partial charge in [-0.3, -0.25) is 4.99 Å². The summed E-state index contributed by atoms with van der Waals surface area (Å²) < 4.78 is 30.4. The van der Waals surface area contributed by atoms with Crippen molar-refractivity contribution >= 4 is 23.5 Å². The minimum atomic E-state index is -2.92. The molecule has 0 amide bonds. The highest BCUT2D eigenvalue weighted by Crippen LogP contribution is 2.29. The third-order valence-corrected chi connectivity index (χ3v) is 5.26. The van der Waals surface area contributed by atoms with E-state index in [1.165, 1.54) is 6.20 Å².